The van der Waals surface area contributed by atoms with Crippen LogP contribution in [0.5, 0.6) is 0 Å². The van der Waals surface area contributed by atoms with E-state index in [9.17, 15) is 0 Å². The van der Waals surface area contributed by atoms with Crippen LogP contribution in [0.3, 0.4) is 0 Å². The molecule has 73 heavy (non-hydrogen) atoms. The summed E-state index contributed by atoms with van der Waals surface area (Å²) in [6.07, 6.45) is 1.83. The molecule has 340 valence electrons. The summed E-state index contributed by atoms with van der Waals surface area (Å²) >= 11 is 0. The number of nitrogens with zero attached hydrogens (tertiary/aromatic N) is 4. The Morgan fingerprint density at radius 2 is 0.616 bits per heavy atom. The maximum atomic E-state index is 5.22. The summed E-state index contributed by atoms with van der Waals surface area (Å²) in [4.78, 5) is 15.0. The van der Waals surface area contributed by atoms with E-state index in [1.54, 1.807) is 0 Å². The van der Waals surface area contributed by atoms with Gasteiger partial charge in [0, 0.05) is 50.0 Å². The van der Waals surface area contributed by atoms with E-state index in [0.29, 0.717) is 5.82 Å². The highest BCUT2D eigenvalue weighted by Crippen LogP contribution is 2.42. The van der Waals surface area contributed by atoms with Crippen molar-refractivity contribution in [2.24, 2.45) is 0 Å². The van der Waals surface area contributed by atoms with Crippen molar-refractivity contribution in [2.75, 3.05) is 0 Å². The average Bonchev–Trinajstić information content (AvgIpc) is 4.04. The normalized spacial score (nSPS) is 11.6. The van der Waals surface area contributed by atoms with Gasteiger partial charge < -0.3 is 4.40 Å². The van der Waals surface area contributed by atoms with Gasteiger partial charge in [-0.1, -0.05) is 200 Å². The number of benzene rings is 10. The van der Waals surface area contributed by atoms with Gasteiger partial charge in [-0.2, -0.15) is 0 Å². The molecule has 0 amide bonds. The van der Waals surface area contributed by atoms with Crippen molar-refractivity contribution in [3.05, 3.63) is 267 Å². The van der Waals surface area contributed by atoms with Crippen molar-refractivity contribution in [1.29, 1.82) is 0 Å². The molecule has 0 aliphatic rings. The molecule has 0 radical (unpaired) electrons. The average molecular weight is 929 g/mol. The number of fused-ring (bicyclic) bond motifs is 6. The third-order valence-electron chi connectivity index (χ3n) is 14.4. The van der Waals surface area contributed by atoms with Crippen LogP contribution in [0.4, 0.5) is 0 Å². The number of hydrogen-bond donors (Lipinski definition) is 0. The highest BCUT2D eigenvalue weighted by atomic mass is 14.9. The van der Waals surface area contributed by atoms with Gasteiger partial charge in [-0.25, -0.2) is 9.97 Å². The van der Waals surface area contributed by atoms with Crippen LogP contribution in [-0.4, -0.2) is 19.4 Å². The van der Waals surface area contributed by atoms with E-state index in [1.807, 2.05) is 30.5 Å². The Hall–Kier alpha value is -9.77. The van der Waals surface area contributed by atoms with E-state index in [-0.39, 0.29) is 0 Å². The van der Waals surface area contributed by atoms with E-state index in [1.165, 1.54) is 71.5 Å². The molecule has 0 aliphatic heterocycles. The van der Waals surface area contributed by atoms with Gasteiger partial charge in [-0.15, -0.1) is 0 Å². The van der Waals surface area contributed by atoms with E-state index in [0.717, 1.165) is 61.6 Å². The van der Waals surface area contributed by atoms with Crippen LogP contribution < -0.4 is 0 Å². The van der Waals surface area contributed by atoms with Crippen LogP contribution in [0.1, 0.15) is 0 Å². The molecule has 0 spiro atoms. The lowest BCUT2D eigenvalue weighted by molar-refractivity contribution is 1.18. The lowest BCUT2D eigenvalue weighted by atomic mass is 9.94. The zero-order valence-corrected chi connectivity index (χ0v) is 39.7. The molecule has 0 saturated heterocycles. The van der Waals surface area contributed by atoms with Gasteiger partial charge >= 0.3 is 0 Å². The standard InChI is InChI=1S/C69H44N4/c1-3-15-45(16-4-1)54-32-34-59-61-29-14-30-62-60-35-33-55(43-67(60)73(68(61)62)66(59)42-54)52-24-11-22-50(39-52)48-20-9-19-47(37-48)49-21-10-23-51(38-49)53-25-12-28-58(40-53)69-71-64(46-17-5-2-6-18-46)44-65(72-69)57-27-13-26-56(41-57)63-31-7-8-36-70-63/h1-44H. The number of aromatic nitrogens is 4. The second-order valence-electron chi connectivity index (χ2n) is 18.8. The smallest absolute Gasteiger partial charge is 0.160 e. The van der Waals surface area contributed by atoms with Crippen molar-refractivity contribution in [3.8, 4) is 101 Å². The first-order valence-electron chi connectivity index (χ1n) is 24.8. The summed E-state index contributed by atoms with van der Waals surface area (Å²) in [7, 11) is 0. The molecule has 14 aromatic rings. The van der Waals surface area contributed by atoms with Crippen molar-refractivity contribution >= 4 is 38.1 Å². The fourth-order valence-electron chi connectivity index (χ4n) is 10.8. The number of hydrogen-bond acceptors (Lipinski definition) is 3. The molecule has 0 atom stereocenters. The first-order chi connectivity index (χ1) is 36.1. The van der Waals surface area contributed by atoms with E-state index in [4.69, 9.17) is 9.97 Å². The van der Waals surface area contributed by atoms with Crippen molar-refractivity contribution in [1.82, 2.24) is 19.4 Å². The lowest BCUT2D eigenvalue weighted by Crippen LogP contribution is -1.96. The van der Waals surface area contributed by atoms with Crippen LogP contribution in [0.15, 0.2) is 267 Å². The Morgan fingerprint density at radius 3 is 1.14 bits per heavy atom. The Morgan fingerprint density at radius 1 is 0.233 bits per heavy atom. The zero-order chi connectivity index (χ0) is 48.2. The highest BCUT2D eigenvalue weighted by molar-refractivity contribution is 6.23. The van der Waals surface area contributed by atoms with E-state index < -0.39 is 0 Å². The van der Waals surface area contributed by atoms with Crippen LogP contribution in [0.2, 0.25) is 0 Å². The van der Waals surface area contributed by atoms with Gasteiger partial charge in [-0.3, -0.25) is 4.98 Å². The first kappa shape index (κ1) is 42.1. The summed E-state index contributed by atoms with van der Waals surface area (Å²) in [5.74, 6) is 0.672. The van der Waals surface area contributed by atoms with Gasteiger partial charge in [0.1, 0.15) is 0 Å². The zero-order valence-electron chi connectivity index (χ0n) is 39.7. The second-order valence-corrected chi connectivity index (χ2v) is 18.8. The molecule has 0 saturated carbocycles. The summed E-state index contributed by atoms with van der Waals surface area (Å²) < 4.78 is 2.49. The highest BCUT2D eigenvalue weighted by Gasteiger charge is 2.19. The van der Waals surface area contributed by atoms with Gasteiger partial charge in [0.05, 0.1) is 33.6 Å². The Labute approximate surface area is 423 Å². The predicted molar refractivity (Wildman–Crippen MR) is 303 cm³/mol. The number of rotatable bonds is 9. The summed E-state index contributed by atoms with van der Waals surface area (Å²) in [5, 5.41) is 5.13. The molecule has 4 aromatic heterocycles. The lowest BCUT2D eigenvalue weighted by Gasteiger charge is -2.12. The SMILES string of the molecule is c1ccc(-c2ccc3c4cccc5c6ccc(-c7cccc(-c8cccc(-c9cccc(-c%10cccc(-c%11nc(-c%12ccccc%12)cc(-c%12cccc(-c%13ccccn%13)c%12)n%11)c%10)c9)c8)c7)cc6n(c3c2)c45)cc1. The number of para-hydroxylation sites is 1. The summed E-state index contributed by atoms with van der Waals surface area (Å²) in [6, 6.07) is 93.4. The monoisotopic (exact) mass is 928 g/mol. The van der Waals surface area contributed by atoms with Crippen molar-refractivity contribution in [2.45, 2.75) is 0 Å². The molecular formula is C69H44N4. The van der Waals surface area contributed by atoms with Gasteiger partial charge in [0.2, 0.25) is 0 Å². The van der Waals surface area contributed by atoms with Crippen molar-refractivity contribution in [3.63, 3.8) is 0 Å². The van der Waals surface area contributed by atoms with Crippen molar-refractivity contribution < 1.29 is 0 Å². The van der Waals surface area contributed by atoms with Crippen LogP contribution in [-0.2, 0) is 0 Å². The fraction of sp³-hybridized carbons (Fsp3) is 0. The Bertz CT molecular complexity index is 4370. The molecule has 0 fully saturated rings. The van der Waals surface area contributed by atoms with Crippen LogP contribution >= 0.6 is 0 Å². The maximum absolute atomic E-state index is 5.22. The molecule has 10 aromatic carbocycles. The van der Waals surface area contributed by atoms with E-state index in [2.05, 4.69) is 246 Å². The molecule has 0 unspecified atom stereocenters. The van der Waals surface area contributed by atoms with E-state index >= 15 is 0 Å². The molecule has 4 heterocycles. The molecule has 4 heteroatoms. The fourth-order valence-corrected chi connectivity index (χ4v) is 10.8. The minimum absolute atomic E-state index is 0.672. The molecular weight excluding hydrogens is 885 g/mol. The molecule has 0 N–H and O–H groups in total. The Kier molecular flexibility index (Phi) is 10.1. The molecule has 4 nitrogen and oxygen atoms in total. The quantitative estimate of drug-likeness (QED) is 0.145. The molecule has 0 bridgehead atoms. The van der Waals surface area contributed by atoms with Crippen LogP contribution in [0, 0.1) is 0 Å². The molecule has 0 aliphatic carbocycles. The minimum atomic E-state index is 0.672. The van der Waals surface area contributed by atoms with Gasteiger partial charge in [-0.05, 0) is 116 Å². The third kappa shape index (κ3) is 7.61. The summed E-state index contributed by atoms with van der Waals surface area (Å²) in [6.45, 7) is 0. The largest absolute Gasteiger partial charge is 0.308 e. The second kappa shape index (κ2) is 17.6. The summed E-state index contributed by atoms with van der Waals surface area (Å²) in [5.41, 5.74) is 22.1. The molecule has 14 rings (SSSR count). The van der Waals surface area contributed by atoms with Gasteiger partial charge in [0.15, 0.2) is 5.82 Å². The maximum Gasteiger partial charge on any atom is 0.160 e. The predicted octanol–water partition coefficient (Wildman–Crippen LogP) is 18.0. The van der Waals surface area contributed by atoms with Crippen LogP contribution in [0.25, 0.3) is 139 Å². The Balaban J connectivity index is 0.790. The third-order valence-corrected chi connectivity index (χ3v) is 14.4. The number of pyridine rings is 1. The minimum Gasteiger partial charge on any atom is -0.308 e. The van der Waals surface area contributed by atoms with Gasteiger partial charge in [0.25, 0.3) is 0 Å². The first-order valence-corrected chi connectivity index (χ1v) is 24.8. The topological polar surface area (TPSA) is 43.1 Å².